The Balaban J connectivity index is 3.40. The van der Waals surface area contributed by atoms with E-state index in [1.165, 1.54) is 6.92 Å². The second kappa shape index (κ2) is 3.51. The van der Waals surface area contributed by atoms with Gasteiger partial charge in [0.15, 0.2) is 0 Å². The van der Waals surface area contributed by atoms with E-state index in [1.807, 2.05) is 0 Å². The summed E-state index contributed by atoms with van der Waals surface area (Å²) in [5, 5.41) is 2.36. The summed E-state index contributed by atoms with van der Waals surface area (Å²) in [5.41, 5.74) is 5.06. The molecule has 0 radical (unpaired) electrons. The van der Waals surface area contributed by atoms with E-state index in [0.717, 1.165) is 0 Å². The first-order valence-corrected chi connectivity index (χ1v) is 2.58. The Bertz CT molecular complexity index is 113. The number of carbonyl (C=O) groups excluding carboxylic acids is 1. The number of rotatable bonds is 1. The Kier molecular flexibility index (Phi) is 3.30. The third-order valence-electron chi connectivity index (χ3n) is 0.501. The van der Waals surface area contributed by atoms with Crippen LogP contribution in [-0.2, 0) is 4.79 Å². The van der Waals surface area contributed by atoms with Crippen LogP contribution in [0.5, 0.6) is 0 Å². The lowest BCUT2D eigenvalue weighted by molar-refractivity contribution is -0.117. The lowest BCUT2D eigenvalue weighted by Gasteiger charge is -1.96. The number of nitrogens with one attached hydrogen (secondary N) is 1. The molecule has 0 aromatic carbocycles. The Morgan fingerprint density at radius 1 is 1.88 bits per heavy atom. The molecule has 0 heterocycles. The minimum Gasteiger partial charge on any atom is -0.325 e. The molecule has 0 aliphatic heterocycles. The molecule has 3 nitrogen and oxygen atoms in total. The lowest BCUT2D eigenvalue weighted by Crippen LogP contribution is -2.31. The molecule has 0 saturated carbocycles. The van der Waals surface area contributed by atoms with Gasteiger partial charge in [-0.05, 0) is 0 Å². The zero-order chi connectivity index (χ0) is 6.57. The van der Waals surface area contributed by atoms with Gasteiger partial charge in [-0.15, -0.1) is 0 Å². The zero-order valence-electron chi connectivity index (χ0n) is 4.60. The van der Waals surface area contributed by atoms with Crippen molar-refractivity contribution in [1.29, 1.82) is 0 Å². The third-order valence-corrected chi connectivity index (χ3v) is 0.770. The first-order valence-electron chi connectivity index (χ1n) is 2.17. The number of hydrogen-bond acceptors (Lipinski definition) is 3. The fourth-order valence-corrected chi connectivity index (χ4v) is 0.391. The van der Waals surface area contributed by atoms with Crippen molar-refractivity contribution < 1.29 is 4.79 Å². The number of carbonyl (C=O) groups is 1. The Morgan fingerprint density at radius 2 is 2.38 bits per heavy atom. The van der Waals surface area contributed by atoms with Crippen molar-refractivity contribution in [3.8, 4) is 0 Å². The standard InChI is InChI=1S/C4H8N2OS/c1-3(7)6-4(8)2-5/h2,5H2,1H3,(H,6,7,8). The van der Waals surface area contributed by atoms with Crippen molar-refractivity contribution in [3.05, 3.63) is 0 Å². The summed E-state index contributed by atoms with van der Waals surface area (Å²) in [7, 11) is 0. The molecule has 0 unspecified atom stereocenters. The van der Waals surface area contributed by atoms with Gasteiger partial charge >= 0.3 is 0 Å². The molecule has 0 atom stereocenters. The predicted molar refractivity (Wildman–Crippen MR) is 35.5 cm³/mol. The second-order valence-electron chi connectivity index (χ2n) is 1.31. The van der Waals surface area contributed by atoms with Crippen LogP contribution in [0.2, 0.25) is 0 Å². The smallest absolute Gasteiger partial charge is 0.221 e. The highest BCUT2D eigenvalue weighted by molar-refractivity contribution is 7.80. The maximum Gasteiger partial charge on any atom is 0.221 e. The van der Waals surface area contributed by atoms with Crippen LogP contribution in [0, 0.1) is 0 Å². The molecule has 8 heavy (non-hydrogen) atoms. The average molecular weight is 132 g/mol. The van der Waals surface area contributed by atoms with Crippen LogP contribution in [-0.4, -0.2) is 17.4 Å². The second-order valence-corrected chi connectivity index (χ2v) is 1.80. The summed E-state index contributed by atoms with van der Waals surface area (Å²) < 4.78 is 0. The molecule has 0 spiro atoms. The molecule has 0 rings (SSSR count). The fourth-order valence-electron chi connectivity index (χ4n) is 0.247. The van der Waals surface area contributed by atoms with Gasteiger partial charge in [-0.1, -0.05) is 12.2 Å². The summed E-state index contributed by atoms with van der Waals surface area (Å²) in [6.45, 7) is 1.62. The van der Waals surface area contributed by atoms with Gasteiger partial charge < -0.3 is 11.1 Å². The lowest BCUT2D eigenvalue weighted by atomic mass is 10.6. The quantitative estimate of drug-likeness (QED) is 0.469. The van der Waals surface area contributed by atoms with E-state index in [0.29, 0.717) is 4.99 Å². The molecule has 0 bridgehead atoms. The van der Waals surface area contributed by atoms with Gasteiger partial charge in [-0.25, -0.2) is 0 Å². The summed E-state index contributed by atoms with van der Waals surface area (Å²) in [6, 6.07) is 0. The molecule has 0 saturated heterocycles. The van der Waals surface area contributed by atoms with Gasteiger partial charge in [-0.3, -0.25) is 4.79 Å². The molecular weight excluding hydrogens is 124 g/mol. The van der Waals surface area contributed by atoms with Crippen molar-refractivity contribution >= 4 is 23.1 Å². The monoisotopic (exact) mass is 132 g/mol. The van der Waals surface area contributed by atoms with Crippen LogP contribution in [0.15, 0.2) is 0 Å². The van der Waals surface area contributed by atoms with Gasteiger partial charge in [0.1, 0.15) is 0 Å². The van der Waals surface area contributed by atoms with Crippen molar-refractivity contribution in [2.75, 3.05) is 6.54 Å². The van der Waals surface area contributed by atoms with E-state index in [9.17, 15) is 4.79 Å². The topological polar surface area (TPSA) is 55.1 Å². The van der Waals surface area contributed by atoms with Crippen LogP contribution in [0.1, 0.15) is 6.92 Å². The largest absolute Gasteiger partial charge is 0.325 e. The molecular formula is C4H8N2OS. The first kappa shape index (κ1) is 7.52. The van der Waals surface area contributed by atoms with Gasteiger partial charge in [0.05, 0.1) is 4.99 Å². The molecule has 46 valence electrons. The molecule has 0 aliphatic carbocycles. The summed E-state index contributed by atoms with van der Waals surface area (Å²) in [5.74, 6) is -0.166. The summed E-state index contributed by atoms with van der Waals surface area (Å²) in [4.78, 5) is 10.5. The van der Waals surface area contributed by atoms with Crippen molar-refractivity contribution in [2.24, 2.45) is 5.73 Å². The SMILES string of the molecule is CC(=O)NC(=S)CN. The van der Waals surface area contributed by atoms with Crippen LogP contribution >= 0.6 is 12.2 Å². The molecule has 0 fully saturated rings. The van der Waals surface area contributed by atoms with Crippen LogP contribution < -0.4 is 11.1 Å². The summed E-state index contributed by atoms with van der Waals surface area (Å²) in [6.07, 6.45) is 0. The van der Waals surface area contributed by atoms with E-state index in [-0.39, 0.29) is 12.5 Å². The zero-order valence-corrected chi connectivity index (χ0v) is 5.42. The number of nitrogens with two attached hydrogens (primary N) is 1. The first-order chi connectivity index (χ1) is 3.66. The van der Waals surface area contributed by atoms with Crippen LogP contribution in [0.3, 0.4) is 0 Å². The van der Waals surface area contributed by atoms with Gasteiger partial charge in [0, 0.05) is 13.5 Å². The number of amides is 1. The van der Waals surface area contributed by atoms with Crippen LogP contribution in [0.25, 0.3) is 0 Å². The number of hydrogen-bond donors (Lipinski definition) is 2. The van der Waals surface area contributed by atoms with E-state index in [4.69, 9.17) is 5.73 Å². The van der Waals surface area contributed by atoms with E-state index >= 15 is 0 Å². The maximum absolute atomic E-state index is 10.2. The van der Waals surface area contributed by atoms with Gasteiger partial charge in [0.25, 0.3) is 0 Å². The average Bonchev–Trinajstić information content (AvgIpc) is 1.65. The third kappa shape index (κ3) is 3.70. The van der Waals surface area contributed by atoms with Crippen molar-refractivity contribution in [3.63, 3.8) is 0 Å². The molecule has 0 aromatic heterocycles. The molecule has 4 heteroatoms. The molecule has 0 aromatic rings. The fraction of sp³-hybridized carbons (Fsp3) is 0.500. The normalized spacial score (nSPS) is 8.25. The van der Waals surface area contributed by atoms with Crippen molar-refractivity contribution in [1.82, 2.24) is 5.32 Å². The predicted octanol–water partition coefficient (Wildman–Crippen LogP) is -0.591. The van der Waals surface area contributed by atoms with Gasteiger partial charge in [-0.2, -0.15) is 0 Å². The highest BCUT2D eigenvalue weighted by Gasteiger charge is 1.92. The Hall–Kier alpha value is -0.480. The molecule has 3 N–H and O–H groups in total. The number of thiocarbonyl (C=S) groups is 1. The van der Waals surface area contributed by atoms with Gasteiger partial charge in [0.2, 0.25) is 5.91 Å². The van der Waals surface area contributed by atoms with E-state index < -0.39 is 0 Å². The minimum atomic E-state index is -0.166. The van der Waals surface area contributed by atoms with Crippen LogP contribution in [0.4, 0.5) is 0 Å². The Labute approximate surface area is 53.2 Å². The highest BCUT2D eigenvalue weighted by Crippen LogP contribution is 1.65. The highest BCUT2D eigenvalue weighted by atomic mass is 32.1. The van der Waals surface area contributed by atoms with E-state index in [2.05, 4.69) is 17.5 Å². The minimum absolute atomic E-state index is 0.166. The van der Waals surface area contributed by atoms with Crippen molar-refractivity contribution in [2.45, 2.75) is 6.92 Å². The van der Waals surface area contributed by atoms with E-state index in [1.54, 1.807) is 0 Å². The Morgan fingerprint density at radius 3 is 2.50 bits per heavy atom. The summed E-state index contributed by atoms with van der Waals surface area (Å²) >= 11 is 4.57. The molecule has 1 amide bonds. The molecule has 0 aliphatic rings. The maximum atomic E-state index is 10.2.